The van der Waals surface area contributed by atoms with Crippen molar-refractivity contribution in [2.24, 2.45) is 5.92 Å². The van der Waals surface area contributed by atoms with Gasteiger partial charge in [0.15, 0.2) is 5.13 Å². The molecule has 1 aromatic carbocycles. The third-order valence-corrected chi connectivity index (χ3v) is 9.20. The van der Waals surface area contributed by atoms with Gasteiger partial charge in [-0.15, -0.1) is 11.3 Å². The molecule has 32 heavy (non-hydrogen) atoms. The highest BCUT2D eigenvalue weighted by Crippen LogP contribution is 2.26. The molecule has 2 fully saturated rings. The number of nitrogens with zero attached hydrogens (tertiary/aromatic N) is 3. The lowest BCUT2D eigenvalue weighted by molar-refractivity contribution is 0.102. The highest BCUT2D eigenvalue weighted by molar-refractivity contribution is 7.89. The van der Waals surface area contributed by atoms with Crippen LogP contribution in [0.1, 0.15) is 62.0 Å². The monoisotopic (exact) mass is 476 g/mol. The minimum absolute atomic E-state index is 0.00368. The molecule has 0 radical (unpaired) electrons. The van der Waals surface area contributed by atoms with Crippen LogP contribution < -0.4 is 5.32 Å². The highest BCUT2D eigenvalue weighted by atomic mass is 32.2. The number of carbonyl (C=O) groups is 1. The number of likely N-dealkylation sites (tertiary alicyclic amines) is 1. The minimum Gasteiger partial charge on any atom is -0.298 e. The molecule has 2 atom stereocenters. The first-order valence-corrected chi connectivity index (χ1v) is 13.7. The first kappa shape index (κ1) is 23.4. The van der Waals surface area contributed by atoms with Gasteiger partial charge in [0, 0.05) is 36.6 Å². The van der Waals surface area contributed by atoms with Gasteiger partial charge in [0.25, 0.3) is 5.91 Å². The van der Waals surface area contributed by atoms with E-state index in [1.165, 1.54) is 36.3 Å². The number of nitrogens with one attached hydrogen (secondary N) is 1. The second-order valence-electron chi connectivity index (χ2n) is 9.07. The Balaban J connectivity index is 1.37. The Morgan fingerprint density at radius 2 is 1.91 bits per heavy atom. The van der Waals surface area contributed by atoms with Crippen molar-refractivity contribution in [2.75, 3.05) is 25.0 Å². The van der Waals surface area contributed by atoms with E-state index in [4.69, 9.17) is 0 Å². The molecule has 2 aromatic rings. The first-order chi connectivity index (χ1) is 15.3. The number of aromatic nitrogens is 1. The molecule has 2 saturated heterocycles. The van der Waals surface area contributed by atoms with Crippen molar-refractivity contribution < 1.29 is 13.2 Å². The summed E-state index contributed by atoms with van der Waals surface area (Å²) in [5.41, 5.74) is 1.38. The zero-order valence-electron chi connectivity index (χ0n) is 18.8. The fraction of sp³-hybridized carbons (Fsp3) is 0.565. The van der Waals surface area contributed by atoms with Crippen molar-refractivity contribution in [2.45, 2.75) is 63.4 Å². The number of carbonyl (C=O) groups excluding carboxylic acids is 1. The zero-order chi connectivity index (χ0) is 22.7. The molecule has 0 spiro atoms. The summed E-state index contributed by atoms with van der Waals surface area (Å²) >= 11 is 1.42. The molecule has 9 heteroatoms. The van der Waals surface area contributed by atoms with Gasteiger partial charge in [-0.25, -0.2) is 13.4 Å². The lowest BCUT2D eigenvalue weighted by Crippen LogP contribution is -2.41. The van der Waals surface area contributed by atoms with Gasteiger partial charge in [-0.05, 0) is 69.3 Å². The summed E-state index contributed by atoms with van der Waals surface area (Å²) in [6.07, 6.45) is 5.33. The van der Waals surface area contributed by atoms with Crippen LogP contribution in [0.5, 0.6) is 0 Å². The van der Waals surface area contributed by atoms with Crippen LogP contribution in [0.15, 0.2) is 34.5 Å². The molecular formula is C23H32N4O3S2. The first-order valence-electron chi connectivity index (χ1n) is 11.4. The molecular weight excluding hydrogens is 444 g/mol. The van der Waals surface area contributed by atoms with E-state index >= 15 is 0 Å². The number of hydrogen-bond donors (Lipinski definition) is 1. The number of amides is 1. The molecule has 0 aliphatic carbocycles. The predicted molar refractivity (Wildman–Crippen MR) is 127 cm³/mol. The number of piperidine rings is 2. The fourth-order valence-electron chi connectivity index (χ4n) is 4.61. The van der Waals surface area contributed by atoms with Crippen molar-refractivity contribution in [1.29, 1.82) is 0 Å². The second-order valence-corrected chi connectivity index (χ2v) is 11.8. The molecule has 174 valence electrons. The van der Waals surface area contributed by atoms with Crippen LogP contribution in [0, 0.1) is 5.92 Å². The quantitative estimate of drug-likeness (QED) is 0.676. The van der Waals surface area contributed by atoms with Crippen LogP contribution in [0.3, 0.4) is 0 Å². The van der Waals surface area contributed by atoms with Gasteiger partial charge >= 0.3 is 0 Å². The number of sulfonamides is 1. The SMILES string of the molecule is CC1CCCN(Cc2csc(NC(=O)c3ccc(S(=O)(=O)N4CCCCC4C)cc3)n2)C1. The van der Waals surface area contributed by atoms with E-state index in [-0.39, 0.29) is 16.8 Å². The van der Waals surface area contributed by atoms with E-state index in [1.807, 2.05) is 12.3 Å². The molecule has 2 aliphatic heterocycles. The number of thiazole rings is 1. The van der Waals surface area contributed by atoms with Crippen molar-refractivity contribution in [3.05, 3.63) is 40.9 Å². The van der Waals surface area contributed by atoms with E-state index in [9.17, 15) is 13.2 Å². The van der Waals surface area contributed by atoms with Crippen molar-refractivity contribution in [1.82, 2.24) is 14.2 Å². The Morgan fingerprint density at radius 3 is 2.62 bits per heavy atom. The maximum Gasteiger partial charge on any atom is 0.257 e. The minimum atomic E-state index is -3.54. The molecule has 2 aliphatic rings. The Labute approximate surface area is 194 Å². The van der Waals surface area contributed by atoms with Crippen LogP contribution in [0.25, 0.3) is 0 Å². The lowest BCUT2D eigenvalue weighted by atomic mass is 10.0. The molecule has 7 nitrogen and oxygen atoms in total. The molecule has 3 heterocycles. The third kappa shape index (κ3) is 5.39. The van der Waals surface area contributed by atoms with Gasteiger partial charge in [-0.1, -0.05) is 13.3 Å². The summed E-state index contributed by atoms with van der Waals surface area (Å²) in [6, 6.07) is 6.19. The van der Waals surface area contributed by atoms with Crippen molar-refractivity contribution in [3.63, 3.8) is 0 Å². The van der Waals surface area contributed by atoms with E-state index in [2.05, 4.69) is 22.1 Å². The highest BCUT2D eigenvalue weighted by Gasteiger charge is 2.31. The molecule has 0 saturated carbocycles. The summed E-state index contributed by atoms with van der Waals surface area (Å²) in [5, 5.41) is 5.40. The van der Waals surface area contributed by atoms with E-state index in [1.54, 1.807) is 16.4 Å². The van der Waals surface area contributed by atoms with Gasteiger partial charge in [-0.2, -0.15) is 4.31 Å². The molecule has 1 aromatic heterocycles. The standard InChI is InChI=1S/C23H32N4O3S2/c1-17-6-5-12-26(14-17)15-20-16-31-23(24-20)25-22(28)19-8-10-21(11-9-19)32(29,30)27-13-4-3-7-18(27)2/h8-11,16-18H,3-7,12-15H2,1-2H3,(H,24,25,28). The largest absolute Gasteiger partial charge is 0.298 e. The number of benzene rings is 1. The molecule has 2 unspecified atom stereocenters. The van der Waals surface area contributed by atoms with Gasteiger partial charge in [0.2, 0.25) is 10.0 Å². The van der Waals surface area contributed by atoms with Crippen LogP contribution in [-0.4, -0.2) is 54.2 Å². The Bertz CT molecular complexity index is 1040. The molecule has 1 N–H and O–H groups in total. The summed E-state index contributed by atoms with van der Waals surface area (Å²) < 4.78 is 27.5. The van der Waals surface area contributed by atoms with E-state index in [0.717, 1.165) is 44.6 Å². The van der Waals surface area contributed by atoms with Crippen LogP contribution in [0.4, 0.5) is 5.13 Å². The van der Waals surface area contributed by atoms with E-state index in [0.29, 0.717) is 23.2 Å². The number of hydrogen-bond acceptors (Lipinski definition) is 6. The maximum atomic E-state index is 13.0. The van der Waals surface area contributed by atoms with Crippen molar-refractivity contribution in [3.8, 4) is 0 Å². The number of rotatable bonds is 6. The van der Waals surface area contributed by atoms with Gasteiger partial charge in [-0.3, -0.25) is 15.0 Å². The van der Waals surface area contributed by atoms with E-state index < -0.39 is 10.0 Å². The van der Waals surface area contributed by atoms with Crippen LogP contribution in [-0.2, 0) is 16.6 Å². The second kappa shape index (κ2) is 9.99. The summed E-state index contributed by atoms with van der Waals surface area (Å²) in [4.78, 5) is 19.9. The number of anilines is 1. The van der Waals surface area contributed by atoms with Crippen molar-refractivity contribution >= 4 is 32.4 Å². The van der Waals surface area contributed by atoms with Gasteiger partial charge < -0.3 is 0 Å². The molecule has 0 bridgehead atoms. The lowest BCUT2D eigenvalue weighted by Gasteiger charge is -2.32. The van der Waals surface area contributed by atoms with Gasteiger partial charge in [0.05, 0.1) is 10.6 Å². The normalized spacial score (nSPS) is 23.2. The van der Waals surface area contributed by atoms with Crippen LogP contribution in [0.2, 0.25) is 0 Å². The Morgan fingerprint density at radius 1 is 1.12 bits per heavy atom. The smallest absolute Gasteiger partial charge is 0.257 e. The zero-order valence-corrected chi connectivity index (χ0v) is 20.4. The average Bonchev–Trinajstić information content (AvgIpc) is 3.20. The third-order valence-electron chi connectivity index (χ3n) is 6.36. The average molecular weight is 477 g/mol. The predicted octanol–water partition coefficient (Wildman–Crippen LogP) is 4.19. The summed E-state index contributed by atoms with van der Waals surface area (Å²) in [7, 11) is -3.54. The fourth-order valence-corrected chi connectivity index (χ4v) is 7.00. The molecule has 1 amide bonds. The summed E-state index contributed by atoms with van der Waals surface area (Å²) in [5.74, 6) is 0.430. The Kier molecular flexibility index (Phi) is 7.29. The topological polar surface area (TPSA) is 82.6 Å². The Hall–Kier alpha value is -1.81. The molecule has 4 rings (SSSR count). The summed E-state index contributed by atoms with van der Waals surface area (Å²) in [6.45, 7) is 7.77. The van der Waals surface area contributed by atoms with Gasteiger partial charge in [0.1, 0.15) is 0 Å². The maximum absolute atomic E-state index is 13.0. The van der Waals surface area contributed by atoms with Crippen LogP contribution >= 0.6 is 11.3 Å².